The highest BCUT2D eigenvalue weighted by Crippen LogP contribution is 2.21. The summed E-state index contributed by atoms with van der Waals surface area (Å²) in [6, 6.07) is 8.64. The van der Waals surface area contributed by atoms with Gasteiger partial charge in [-0.15, -0.1) is 0 Å². The fourth-order valence-corrected chi connectivity index (χ4v) is 2.99. The Kier molecular flexibility index (Phi) is 4.45. The second-order valence-electron chi connectivity index (χ2n) is 5.71. The highest BCUT2D eigenvalue weighted by Gasteiger charge is 2.14. The molecule has 0 saturated carbocycles. The second kappa shape index (κ2) is 6.50. The van der Waals surface area contributed by atoms with Gasteiger partial charge in [0.05, 0.1) is 24.6 Å². The van der Waals surface area contributed by atoms with Crippen LogP contribution < -0.4 is 10.2 Å². The number of hydrogen-bond acceptors (Lipinski definition) is 4. The van der Waals surface area contributed by atoms with Crippen LogP contribution in [0, 0.1) is 13.8 Å². The monoisotopic (exact) mass is 300 g/mol. The Bertz CT molecular complexity index is 627. The Labute approximate surface area is 131 Å². The summed E-state index contributed by atoms with van der Waals surface area (Å²) in [5.41, 5.74) is 5.93. The number of hydrogen-bond donors (Lipinski definition) is 1. The maximum absolute atomic E-state index is 5.41. The van der Waals surface area contributed by atoms with E-state index in [9.17, 15) is 0 Å². The minimum atomic E-state index is 0.812. The van der Waals surface area contributed by atoms with Gasteiger partial charge in [-0.25, -0.2) is 4.68 Å². The lowest BCUT2D eigenvalue weighted by Gasteiger charge is -2.28. The van der Waals surface area contributed by atoms with Crippen LogP contribution in [-0.2, 0) is 11.3 Å². The summed E-state index contributed by atoms with van der Waals surface area (Å²) in [6.45, 7) is 8.60. The molecule has 5 nitrogen and oxygen atoms in total. The normalized spacial score (nSPS) is 15.3. The number of ether oxygens (including phenoxy) is 1. The zero-order chi connectivity index (χ0) is 15.5. The number of aromatic nitrogens is 2. The van der Waals surface area contributed by atoms with Crippen LogP contribution in [-0.4, -0.2) is 43.1 Å². The summed E-state index contributed by atoms with van der Waals surface area (Å²) in [4.78, 5) is 2.36. The standard InChI is InChI=1S/C17H24N4O/c1-13-17(12-18-3)14(2)21(19-13)16-6-4-15(5-7-16)20-8-10-22-11-9-20/h4-7,18H,8-12H2,1-3H3. The molecule has 118 valence electrons. The SMILES string of the molecule is CNCc1c(C)nn(-c2ccc(N3CCOCC3)cc2)c1C. The van der Waals surface area contributed by atoms with Crippen molar-refractivity contribution in [2.45, 2.75) is 20.4 Å². The number of nitrogens with zero attached hydrogens (tertiary/aromatic N) is 3. The molecule has 1 N–H and O–H groups in total. The molecule has 0 radical (unpaired) electrons. The Morgan fingerprint density at radius 1 is 1.09 bits per heavy atom. The average molecular weight is 300 g/mol. The third kappa shape index (κ3) is 2.87. The molecular formula is C17H24N4O. The molecule has 2 aromatic rings. The van der Waals surface area contributed by atoms with Gasteiger partial charge >= 0.3 is 0 Å². The van der Waals surface area contributed by atoms with Crippen molar-refractivity contribution < 1.29 is 4.74 Å². The maximum atomic E-state index is 5.41. The maximum Gasteiger partial charge on any atom is 0.0650 e. The molecule has 5 heteroatoms. The summed E-state index contributed by atoms with van der Waals surface area (Å²) >= 11 is 0. The van der Waals surface area contributed by atoms with E-state index >= 15 is 0 Å². The largest absolute Gasteiger partial charge is 0.378 e. The van der Waals surface area contributed by atoms with Gasteiger partial charge in [0, 0.05) is 36.6 Å². The summed E-state index contributed by atoms with van der Waals surface area (Å²) in [6.07, 6.45) is 0. The van der Waals surface area contributed by atoms with E-state index in [0.717, 1.165) is 44.2 Å². The van der Waals surface area contributed by atoms with Crippen molar-refractivity contribution in [3.8, 4) is 5.69 Å². The molecule has 3 rings (SSSR count). The van der Waals surface area contributed by atoms with E-state index in [4.69, 9.17) is 4.74 Å². The zero-order valence-corrected chi connectivity index (χ0v) is 13.6. The first-order valence-corrected chi connectivity index (χ1v) is 7.83. The number of rotatable bonds is 4. The predicted molar refractivity (Wildman–Crippen MR) is 88.8 cm³/mol. The van der Waals surface area contributed by atoms with Gasteiger partial charge in [0.25, 0.3) is 0 Å². The molecule has 0 unspecified atom stereocenters. The molecule has 0 amide bonds. The molecular weight excluding hydrogens is 276 g/mol. The lowest BCUT2D eigenvalue weighted by molar-refractivity contribution is 0.122. The minimum Gasteiger partial charge on any atom is -0.378 e. The van der Waals surface area contributed by atoms with Crippen molar-refractivity contribution in [2.24, 2.45) is 0 Å². The summed E-state index contributed by atoms with van der Waals surface area (Å²) < 4.78 is 7.44. The molecule has 1 aromatic heterocycles. The molecule has 1 saturated heterocycles. The first kappa shape index (κ1) is 15.1. The smallest absolute Gasteiger partial charge is 0.0650 e. The van der Waals surface area contributed by atoms with Crippen LogP contribution in [0.15, 0.2) is 24.3 Å². The van der Waals surface area contributed by atoms with Gasteiger partial charge in [-0.2, -0.15) is 5.10 Å². The topological polar surface area (TPSA) is 42.3 Å². The summed E-state index contributed by atoms with van der Waals surface area (Å²) in [5, 5.41) is 7.90. The average Bonchev–Trinajstić information content (AvgIpc) is 2.84. The molecule has 2 heterocycles. The Balaban J connectivity index is 1.85. The number of aryl methyl sites for hydroxylation is 1. The minimum absolute atomic E-state index is 0.812. The van der Waals surface area contributed by atoms with E-state index in [1.54, 1.807) is 0 Å². The van der Waals surface area contributed by atoms with Gasteiger partial charge in [0.15, 0.2) is 0 Å². The Morgan fingerprint density at radius 2 is 1.73 bits per heavy atom. The molecule has 0 spiro atoms. The predicted octanol–water partition coefficient (Wildman–Crippen LogP) is 2.05. The molecule has 0 aliphatic carbocycles. The Hall–Kier alpha value is -1.85. The number of anilines is 1. The van der Waals surface area contributed by atoms with Crippen LogP contribution in [0.25, 0.3) is 5.69 Å². The van der Waals surface area contributed by atoms with E-state index < -0.39 is 0 Å². The Morgan fingerprint density at radius 3 is 2.36 bits per heavy atom. The molecule has 1 fully saturated rings. The van der Waals surface area contributed by atoms with Crippen molar-refractivity contribution in [1.29, 1.82) is 0 Å². The van der Waals surface area contributed by atoms with Gasteiger partial charge in [0.1, 0.15) is 0 Å². The van der Waals surface area contributed by atoms with Crippen LogP contribution in [0.5, 0.6) is 0 Å². The van der Waals surface area contributed by atoms with Crippen molar-refractivity contribution in [3.05, 3.63) is 41.2 Å². The van der Waals surface area contributed by atoms with Gasteiger partial charge in [-0.05, 0) is 45.2 Å². The van der Waals surface area contributed by atoms with Crippen LogP contribution in [0.1, 0.15) is 17.0 Å². The van der Waals surface area contributed by atoms with Crippen molar-refractivity contribution in [3.63, 3.8) is 0 Å². The fourth-order valence-electron chi connectivity index (χ4n) is 2.99. The van der Waals surface area contributed by atoms with Crippen LogP contribution in [0.2, 0.25) is 0 Å². The van der Waals surface area contributed by atoms with E-state index in [-0.39, 0.29) is 0 Å². The molecule has 1 aliphatic rings. The van der Waals surface area contributed by atoms with E-state index in [0.29, 0.717) is 0 Å². The van der Waals surface area contributed by atoms with Gasteiger partial charge in [0.2, 0.25) is 0 Å². The quantitative estimate of drug-likeness (QED) is 0.938. The number of nitrogens with one attached hydrogen (secondary N) is 1. The van der Waals surface area contributed by atoms with Crippen LogP contribution >= 0.6 is 0 Å². The van der Waals surface area contributed by atoms with E-state index in [1.165, 1.54) is 16.9 Å². The number of benzene rings is 1. The zero-order valence-electron chi connectivity index (χ0n) is 13.6. The highest BCUT2D eigenvalue weighted by atomic mass is 16.5. The van der Waals surface area contributed by atoms with Crippen molar-refractivity contribution >= 4 is 5.69 Å². The fraction of sp³-hybridized carbons (Fsp3) is 0.471. The second-order valence-corrected chi connectivity index (χ2v) is 5.71. The molecule has 1 aliphatic heterocycles. The third-order valence-electron chi connectivity index (χ3n) is 4.27. The molecule has 1 aromatic carbocycles. The third-order valence-corrected chi connectivity index (χ3v) is 4.27. The lowest BCUT2D eigenvalue weighted by Crippen LogP contribution is -2.36. The van der Waals surface area contributed by atoms with Gasteiger partial charge < -0.3 is 15.0 Å². The first-order valence-electron chi connectivity index (χ1n) is 7.83. The van der Waals surface area contributed by atoms with Crippen molar-refractivity contribution in [2.75, 3.05) is 38.3 Å². The summed E-state index contributed by atoms with van der Waals surface area (Å²) in [5.74, 6) is 0. The van der Waals surface area contributed by atoms with Gasteiger partial charge in [-0.1, -0.05) is 0 Å². The summed E-state index contributed by atoms with van der Waals surface area (Å²) in [7, 11) is 1.97. The number of morpholine rings is 1. The van der Waals surface area contributed by atoms with Crippen molar-refractivity contribution in [1.82, 2.24) is 15.1 Å². The van der Waals surface area contributed by atoms with Gasteiger partial charge in [-0.3, -0.25) is 0 Å². The van der Waals surface area contributed by atoms with E-state index in [2.05, 4.69) is 53.4 Å². The lowest BCUT2D eigenvalue weighted by atomic mass is 10.2. The first-order chi connectivity index (χ1) is 10.7. The molecule has 0 bridgehead atoms. The van der Waals surface area contributed by atoms with Crippen LogP contribution in [0.4, 0.5) is 5.69 Å². The highest BCUT2D eigenvalue weighted by molar-refractivity contribution is 5.51. The van der Waals surface area contributed by atoms with Crippen LogP contribution in [0.3, 0.4) is 0 Å². The molecule has 0 atom stereocenters. The van der Waals surface area contributed by atoms with E-state index in [1.807, 2.05) is 11.7 Å². The molecule has 22 heavy (non-hydrogen) atoms.